The maximum atomic E-state index is 12.9. The second kappa shape index (κ2) is 9.87. The molecule has 2 aliphatic rings. The standard InChI is InChI=1S/C26H26N2O5S/c1-2-31-26(30)24-19-10-11-28(14-17-6-4-3-5-7-17)15-22(19)34-25(24)27-23(29)13-18-8-9-20-21(12-18)33-16-32-20/h3-9,12H,2,10-11,13-16H2,1H3,(H,27,29). The van der Waals surface area contributed by atoms with Crippen molar-refractivity contribution >= 4 is 28.2 Å². The molecule has 5 rings (SSSR count). The summed E-state index contributed by atoms with van der Waals surface area (Å²) in [5, 5.41) is 3.54. The number of fused-ring (bicyclic) bond motifs is 2. The quantitative estimate of drug-likeness (QED) is 0.508. The van der Waals surface area contributed by atoms with Gasteiger partial charge in [-0.05, 0) is 42.2 Å². The highest BCUT2D eigenvalue weighted by molar-refractivity contribution is 7.17. The molecular formula is C26H26N2O5S. The molecular weight excluding hydrogens is 452 g/mol. The Bertz CT molecular complexity index is 1210. The highest BCUT2D eigenvalue weighted by atomic mass is 32.1. The molecule has 0 unspecified atom stereocenters. The molecule has 0 saturated carbocycles. The molecule has 1 N–H and O–H groups in total. The van der Waals surface area contributed by atoms with Crippen molar-refractivity contribution in [3.8, 4) is 11.5 Å². The van der Waals surface area contributed by atoms with E-state index >= 15 is 0 Å². The van der Waals surface area contributed by atoms with Crippen LogP contribution in [0.4, 0.5) is 5.00 Å². The first-order chi connectivity index (χ1) is 16.6. The maximum Gasteiger partial charge on any atom is 0.341 e. The third kappa shape index (κ3) is 4.78. The molecule has 3 aromatic rings. The van der Waals surface area contributed by atoms with Gasteiger partial charge in [0.05, 0.1) is 18.6 Å². The molecule has 0 bridgehead atoms. The third-order valence-electron chi connectivity index (χ3n) is 5.92. The fourth-order valence-corrected chi connectivity index (χ4v) is 5.64. The maximum absolute atomic E-state index is 12.9. The van der Waals surface area contributed by atoms with Crippen LogP contribution in [-0.4, -0.2) is 36.7 Å². The first kappa shape index (κ1) is 22.4. The molecule has 0 radical (unpaired) electrons. The van der Waals surface area contributed by atoms with Crippen molar-refractivity contribution in [2.24, 2.45) is 0 Å². The van der Waals surface area contributed by atoms with E-state index in [9.17, 15) is 9.59 Å². The summed E-state index contributed by atoms with van der Waals surface area (Å²) in [6.45, 7) is 4.69. The Morgan fingerprint density at radius 1 is 1.09 bits per heavy atom. The van der Waals surface area contributed by atoms with Gasteiger partial charge in [-0.1, -0.05) is 36.4 Å². The number of esters is 1. The van der Waals surface area contributed by atoms with Crippen molar-refractivity contribution in [2.75, 3.05) is 25.3 Å². The van der Waals surface area contributed by atoms with Crippen LogP contribution in [0.3, 0.4) is 0 Å². The summed E-state index contributed by atoms with van der Waals surface area (Å²) >= 11 is 1.47. The Labute approximate surface area is 202 Å². The lowest BCUT2D eigenvalue weighted by Crippen LogP contribution is -2.30. The van der Waals surface area contributed by atoms with E-state index in [1.165, 1.54) is 16.9 Å². The number of carbonyl (C=O) groups excluding carboxylic acids is 2. The molecule has 1 aromatic heterocycles. The fourth-order valence-electron chi connectivity index (χ4n) is 4.35. The highest BCUT2D eigenvalue weighted by Gasteiger charge is 2.29. The van der Waals surface area contributed by atoms with E-state index in [1.54, 1.807) is 13.0 Å². The van der Waals surface area contributed by atoms with Crippen LogP contribution < -0.4 is 14.8 Å². The molecule has 0 saturated heterocycles. The van der Waals surface area contributed by atoms with E-state index in [0.29, 0.717) is 22.1 Å². The van der Waals surface area contributed by atoms with Gasteiger partial charge < -0.3 is 19.5 Å². The molecule has 176 valence electrons. The minimum absolute atomic E-state index is 0.168. The van der Waals surface area contributed by atoms with Gasteiger partial charge >= 0.3 is 5.97 Å². The minimum Gasteiger partial charge on any atom is -0.462 e. The number of anilines is 1. The number of thiophene rings is 1. The molecule has 8 heteroatoms. The molecule has 7 nitrogen and oxygen atoms in total. The van der Waals surface area contributed by atoms with Gasteiger partial charge in [0.1, 0.15) is 5.00 Å². The predicted molar refractivity (Wildman–Crippen MR) is 129 cm³/mol. The number of rotatable bonds is 7. The lowest BCUT2D eigenvalue weighted by atomic mass is 10.0. The van der Waals surface area contributed by atoms with Gasteiger partial charge in [0, 0.05) is 24.5 Å². The van der Waals surface area contributed by atoms with Crippen molar-refractivity contribution in [3.05, 3.63) is 75.7 Å². The van der Waals surface area contributed by atoms with E-state index in [2.05, 4.69) is 22.3 Å². The summed E-state index contributed by atoms with van der Waals surface area (Å²) < 4.78 is 16.1. The number of hydrogen-bond acceptors (Lipinski definition) is 7. The molecule has 0 atom stereocenters. The Morgan fingerprint density at radius 3 is 2.74 bits per heavy atom. The summed E-state index contributed by atoms with van der Waals surface area (Å²) in [6.07, 6.45) is 0.909. The normalized spacial score (nSPS) is 14.5. The van der Waals surface area contributed by atoms with Crippen molar-refractivity contribution < 1.29 is 23.8 Å². The number of ether oxygens (including phenoxy) is 3. The van der Waals surface area contributed by atoms with E-state index in [4.69, 9.17) is 14.2 Å². The van der Waals surface area contributed by atoms with E-state index < -0.39 is 0 Å². The second-order valence-corrected chi connectivity index (χ2v) is 9.39. The van der Waals surface area contributed by atoms with Gasteiger partial charge in [-0.15, -0.1) is 11.3 Å². The van der Waals surface area contributed by atoms with Crippen LogP contribution in [0, 0.1) is 0 Å². The Balaban J connectivity index is 1.34. The van der Waals surface area contributed by atoms with Gasteiger partial charge in [0.2, 0.25) is 12.7 Å². The van der Waals surface area contributed by atoms with Crippen molar-refractivity contribution in [2.45, 2.75) is 32.9 Å². The third-order valence-corrected chi connectivity index (χ3v) is 7.05. The topological polar surface area (TPSA) is 77.1 Å². The number of nitrogens with zero attached hydrogens (tertiary/aromatic N) is 1. The van der Waals surface area contributed by atoms with Crippen LogP contribution in [0.25, 0.3) is 0 Å². The monoisotopic (exact) mass is 478 g/mol. The number of hydrogen-bond donors (Lipinski definition) is 1. The summed E-state index contributed by atoms with van der Waals surface area (Å²) in [5.74, 6) is 0.751. The summed E-state index contributed by atoms with van der Waals surface area (Å²) in [7, 11) is 0. The van der Waals surface area contributed by atoms with Crippen LogP contribution in [0.1, 0.15) is 38.8 Å². The van der Waals surface area contributed by atoms with Gasteiger partial charge in [-0.2, -0.15) is 0 Å². The zero-order chi connectivity index (χ0) is 23.5. The lowest BCUT2D eigenvalue weighted by Gasteiger charge is -2.27. The van der Waals surface area contributed by atoms with E-state index in [-0.39, 0.29) is 31.7 Å². The molecule has 2 aliphatic heterocycles. The fraction of sp³-hybridized carbons (Fsp3) is 0.308. The van der Waals surface area contributed by atoms with Gasteiger partial charge in [-0.25, -0.2) is 4.79 Å². The van der Waals surface area contributed by atoms with E-state index in [0.717, 1.165) is 42.1 Å². The summed E-state index contributed by atoms with van der Waals surface area (Å²) in [6, 6.07) is 15.8. The first-order valence-electron chi connectivity index (χ1n) is 11.4. The molecule has 34 heavy (non-hydrogen) atoms. The molecule has 0 spiro atoms. The predicted octanol–water partition coefficient (Wildman–Crippen LogP) is 4.39. The van der Waals surface area contributed by atoms with Crippen LogP contribution in [0.15, 0.2) is 48.5 Å². The molecule has 3 heterocycles. The first-order valence-corrected chi connectivity index (χ1v) is 12.2. The lowest BCUT2D eigenvalue weighted by molar-refractivity contribution is -0.115. The summed E-state index contributed by atoms with van der Waals surface area (Å²) in [5.41, 5.74) is 3.56. The van der Waals surface area contributed by atoms with E-state index in [1.807, 2.05) is 30.3 Å². The van der Waals surface area contributed by atoms with Gasteiger partial charge in [0.15, 0.2) is 11.5 Å². The number of carbonyl (C=O) groups is 2. The minimum atomic E-state index is -0.380. The largest absolute Gasteiger partial charge is 0.462 e. The smallest absolute Gasteiger partial charge is 0.341 e. The van der Waals surface area contributed by atoms with Crippen LogP contribution in [0.5, 0.6) is 11.5 Å². The summed E-state index contributed by atoms with van der Waals surface area (Å²) in [4.78, 5) is 29.2. The van der Waals surface area contributed by atoms with Gasteiger partial charge in [-0.3, -0.25) is 9.69 Å². The Hall–Kier alpha value is -3.36. The number of amides is 1. The Morgan fingerprint density at radius 2 is 1.91 bits per heavy atom. The molecule has 1 amide bonds. The number of benzene rings is 2. The molecule has 0 fully saturated rings. The van der Waals surface area contributed by atoms with Crippen molar-refractivity contribution in [3.63, 3.8) is 0 Å². The zero-order valence-corrected chi connectivity index (χ0v) is 19.8. The average molecular weight is 479 g/mol. The van der Waals surface area contributed by atoms with Crippen LogP contribution in [-0.2, 0) is 35.5 Å². The van der Waals surface area contributed by atoms with Crippen LogP contribution >= 0.6 is 11.3 Å². The van der Waals surface area contributed by atoms with Crippen molar-refractivity contribution in [1.29, 1.82) is 0 Å². The van der Waals surface area contributed by atoms with Crippen molar-refractivity contribution in [1.82, 2.24) is 4.90 Å². The SMILES string of the molecule is CCOC(=O)c1c(NC(=O)Cc2ccc3c(c2)OCO3)sc2c1CCN(Cc1ccccc1)C2. The zero-order valence-electron chi connectivity index (χ0n) is 19.0. The number of nitrogens with one attached hydrogen (secondary N) is 1. The average Bonchev–Trinajstić information content (AvgIpc) is 3.43. The molecule has 2 aromatic carbocycles. The second-order valence-electron chi connectivity index (χ2n) is 8.29. The van der Waals surface area contributed by atoms with Gasteiger partial charge in [0.25, 0.3) is 0 Å². The van der Waals surface area contributed by atoms with Crippen LogP contribution in [0.2, 0.25) is 0 Å². The Kier molecular flexibility index (Phi) is 6.51. The highest BCUT2D eigenvalue weighted by Crippen LogP contribution is 2.38. The molecule has 0 aliphatic carbocycles.